The van der Waals surface area contributed by atoms with Crippen molar-refractivity contribution in [2.45, 2.75) is 136 Å². The number of esters is 1. The molecule has 6 aromatic carbocycles. The van der Waals surface area contributed by atoms with Gasteiger partial charge in [0.1, 0.15) is 77.6 Å². The molecule has 2 N–H and O–H groups in total. The van der Waals surface area contributed by atoms with Gasteiger partial charge in [-0.3, -0.25) is 28.8 Å². The molecule has 0 spiro atoms. The normalized spacial score (nSPS) is 17.8. The van der Waals surface area contributed by atoms with E-state index in [9.17, 15) is 56.5 Å². The number of carbonyl (C=O) groups is 6. The summed E-state index contributed by atoms with van der Waals surface area (Å²) < 4.78 is 101. The lowest BCUT2D eigenvalue weighted by molar-refractivity contribution is -0.142. The summed E-state index contributed by atoms with van der Waals surface area (Å²) in [7, 11) is 11.0. The lowest BCUT2D eigenvalue weighted by Gasteiger charge is -2.31. The lowest BCUT2D eigenvalue weighted by atomic mass is 9.96. The molecule has 588 valence electrons. The van der Waals surface area contributed by atoms with E-state index in [2.05, 4.69) is 10.2 Å². The second kappa shape index (κ2) is 29.5. The monoisotopic (exact) mass is 1580 g/mol. The number of ether oxygens (including phenoxy) is 7. The molecule has 6 atom stereocenters. The Labute approximate surface area is 652 Å². The second-order valence-electron chi connectivity index (χ2n) is 31.4. The average Bonchev–Trinajstić information content (AvgIpc) is 1.57. The fraction of sp³-hybridized carbons (Fsp3) is 0.378. The Morgan fingerprint density at radius 2 is 0.705 bits per heavy atom. The molecule has 0 bridgehead atoms. The Morgan fingerprint density at radius 1 is 0.429 bits per heavy atom. The van der Waals surface area contributed by atoms with Gasteiger partial charge in [-0.05, 0) is 159 Å². The first-order valence-electron chi connectivity index (χ1n) is 35.9. The number of methoxy groups -OCH3 is 4. The lowest BCUT2D eigenvalue weighted by Crippen LogP contribution is -2.43. The highest BCUT2D eigenvalue weighted by molar-refractivity contribution is 6.35. The largest absolute Gasteiger partial charge is 0.496 e. The number of fused-ring (bicyclic) bond motifs is 9. The molecule has 3 aliphatic carbocycles. The first-order chi connectivity index (χ1) is 52.7. The highest BCUT2D eigenvalue weighted by Crippen LogP contribution is 2.58. The molecule has 0 radical (unpaired) electrons. The molecule has 0 unspecified atom stereocenters. The van der Waals surface area contributed by atoms with E-state index >= 15 is 0 Å². The van der Waals surface area contributed by atoms with Gasteiger partial charge in [0.2, 0.25) is 0 Å². The molecule has 3 fully saturated rings. The number of benzene rings is 6. The molecule has 3 aliphatic heterocycles. The Morgan fingerprint density at radius 3 is 0.964 bits per heavy atom. The minimum Gasteiger partial charge on any atom is -0.496 e. The van der Waals surface area contributed by atoms with E-state index < -0.39 is 63.7 Å². The number of hydrogen-bond acceptors (Lipinski definition) is 16. The van der Waals surface area contributed by atoms with Gasteiger partial charge in [-0.1, -0.05) is 23.2 Å². The van der Waals surface area contributed by atoms with Crippen LogP contribution in [0.15, 0.2) is 91.0 Å². The van der Waals surface area contributed by atoms with Crippen LogP contribution in [0.5, 0.6) is 34.5 Å². The zero-order valence-electron chi connectivity index (χ0n) is 64.4. The highest BCUT2D eigenvalue weighted by atomic mass is 35.5. The SMILES string of the molecule is COC(=O)[C@H]1C[C@@H]1c1cc2c(cc1OC)OCc1c(C(=O)N(C)C(C)(C)C)nn(-c3cc(F)cc(F)c3)c1-2.COc1cc2c(cc1[C@H]1C[C@@H]1C(=O)O)-c1c(c(C(=O)N(C)C(C)(C)C)nn1-c1cc(F)cc(F)c1)CO2.COc1cc2c(cc1[C@H]1C[C@H]1C(=O)O)-c1c(c(C(=O)N(C)C(C)(C)C)nn1-c1cc(Cl)cc(Cl)c1)CO2. The summed E-state index contributed by atoms with van der Waals surface area (Å²) in [6, 6.07) is 21.9. The van der Waals surface area contributed by atoms with E-state index in [1.165, 1.54) is 30.7 Å². The third kappa shape index (κ3) is 14.9. The van der Waals surface area contributed by atoms with Gasteiger partial charge in [0.25, 0.3) is 17.7 Å². The molecule has 3 aromatic heterocycles. The number of rotatable bonds is 15. The summed E-state index contributed by atoms with van der Waals surface area (Å²) in [5.41, 5.74) is 7.12. The van der Waals surface area contributed by atoms with Gasteiger partial charge in [0.15, 0.2) is 17.1 Å². The summed E-state index contributed by atoms with van der Waals surface area (Å²) in [5.74, 6) is -4.89. The maximum atomic E-state index is 14.3. The summed E-state index contributed by atoms with van der Waals surface area (Å²) in [4.78, 5) is 80.8. The van der Waals surface area contributed by atoms with Crippen molar-refractivity contribution in [3.8, 4) is 85.3 Å². The first kappa shape index (κ1) is 79.0. The Bertz CT molecular complexity index is 5110. The molecule has 9 aromatic rings. The maximum Gasteiger partial charge on any atom is 0.309 e. The first-order valence-corrected chi connectivity index (χ1v) is 36.7. The topological polar surface area (TPSA) is 271 Å². The minimum absolute atomic E-state index is 0.00285. The van der Waals surface area contributed by atoms with E-state index in [-0.39, 0.29) is 95.6 Å². The molecule has 112 heavy (non-hydrogen) atoms. The van der Waals surface area contributed by atoms with Crippen molar-refractivity contribution < 1.29 is 89.7 Å². The van der Waals surface area contributed by atoms with Gasteiger partial charge < -0.3 is 58.1 Å². The number of carboxylic acid groups (broad SMARTS) is 2. The average molecular weight is 1580 g/mol. The van der Waals surface area contributed by atoms with Crippen molar-refractivity contribution in [1.29, 1.82) is 0 Å². The van der Waals surface area contributed by atoms with E-state index in [4.69, 9.17) is 61.5 Å². The fourth-order valence-corrected chi connectivity index (χ4v) is 14.6. The molecule has 6 heterocycles. The standard InChI is InChI=1S/C28H29F2N3O5.C27H27Cl2N3O5.C27H27F2N3O5/c1-28(2,3)32(4)26(34)24-21-13-38-23-12-22(36-5)18(17-10-19(17)27(35)37-6)11-20(23)25(21)33(31-24)16-8-14(29)7-15(30)9-16;2*1-27(2,3)31(4)25(33)23-20-12-37-22-11-21(36-5)17(16-9-18(16)26(34)35)10-19(22)24(20)32(30-23)15-7-13(28)6-14(29)8-15/h7-9,11-12,17,19H,10,13H2,1-6H3;2*6-8,10-11,16,18H,9,12H2,1-5H3,(H,34,35)/t17-,19+;16-,18-;16-,18+/m111/s1. The number of nitrogens with zero attached hydrogens (tertiary/aromatic N) is 9. The molecule has 24 nitrogen and oxygen atoms in total. The molecule has 30 heteroatoms. The summed E-state index contributed by atoms with van der Waals surface area (Å²) in [6.07, 6.45) is 1.60. The Balaban J connectivity index is 0.000000147. The van der Waals surface area contributed by atoms with Crippen LogP contribution in [0.2, 0.25) is 10.0 Å². The van der Waals surface area contributed by atoms with Crippen molar-refractivity contribution in [3.63, 3.8) is 0 Å². The Hall–Kier alpha value is -11.1. The van der Waals surface area contributed by atoms with E-state index in [1.807, 2.05) is 74.4 Å². The summed E-state index contributed by atoms with van der Waals surface area (Å²) >= 11 is 12.7. The molecule has 3 saturated carbocycles. The van der Waals surface area contributed by atoms with Crippen LogP contribution in [-0.4, -0.2) is 156 Å². The second-order valence-corrected chi connectivity index (χ2v) is 32.3. The zero-order valence-corrected chi connectivity index (χ0v) is 65.9. The number of halogens is 6. The zero-order chi connectivity index (χ0) is 81.1. The van der Waals surface area contributed by atoms with Crippen LogP contribution in [-0.2, 0) is 38.9 Å². The predicted octanol–water partition coefficient (Wildman–Crippen LogP) is 15.4. The molecule has 0 saturated heterocycles. The molecular formula is C82H83Cl2F4N9O15. The highest BCUT2D eigenvalue weighted by Gasteiger charge is 2.50. The van der Waals surface area contributed by atoms with Crippen molar-refractivity contribution in [2.24, 2.45) is 17.8 Å². The number of aromatic nitrogens is 6. The Kier molecular flexibility index (Phi) is 20.8. The molecule has 15 rings (SSSR count). The van der Waals surface area contributed by atoms with Crippen LogP contribution in [0.25, 0.3) is 50.8 Å². The number of hydrogen-bond donors (Lipinski definition) is 2. The number of aliphatic carboxylic acids is 2. The van der Waals surface area contributed by atoms with Gasteiger partial charge in [0, 0.05) is 129 Å². The van der Waals surface area contributed by atoms with Crippen molar-refractivity contribution in [1.82, 2.24) is 44.0 Å². The third-order valence-electron chi connectivity index (χ3n) is 21.4. The number of carboxylic acids is 2. The number of amides is 3. The minimum atomic E-state index is -0.889. The van der Waals surface area contributed by atoms with E-state index in [0.717, 1.165) is 47.5 Å². The van der Waals surface area contributed by atoms with Gasteiger partial charge >= 0.3 is 17.9 Å². The van der Waals surface area contributed by atoms with Gasteiger partial charge in [-0.2, -0.15) is 15.3 Å². The smallest absolute Gasteiger partial charge is 0.309 e. The third-order valence-corrected chi connectivity index (χ3v) is 21.8. The van der Waals surface area contributed by atoms with Gasteiger partial charge in [-0.25, -0.2) is 31.6 Å². The maximum absolute atomic E-state index is 14.3. The van der Waals surface area contributed by atoms with Crippen LogP contribution in [0.4, 0.5) is 17.6 Å². The van der Waals surface area contributed by atoms with E-state index in [0.29, 0.717) is 126 Å². The van der Waals surface area contributed by atoms with Crippen LogP contribution < -0.4 is 28.4 Å². The van der Waals surface area contributed by atoms with Crippen molar-refractivity contribution in [3.05, 3.63) is 175 Å². The van der Waals surface area contributed by atoms with Crippen LogP contribution >= 0.6 is 23.2 Å². The predicted molar refractivity (Wildman–Crippen MR) is 405 cm³/mol. The fourth-order valence-electron chi connectivity index (χ4n) is 14.1. The number of carbonyl (C=O) groups excluding carboxylic acids is 4. The van der Waals surface area contributed by atoms with Crippen LogP contribution in [0.1, 0.15) is 164 Å². The van der Waals surface area contributed by atoms with E-state index in [1.54, 1.807) is 90.1 Å². The van der Waals surface area contributed by atoms with Gasteiger partial charge in [-0.15, -0.1) is 0 Å². The van der Waals surface area contributed by atoms with Crippen molar-refractivity contribution >= 4 is 58.8 Å². The van der Waals surface area contributed by atoms with Crippen LogP contribution in [0, 0.1) is 41.0 Å². The van der Waals surface area contributed by atoms with Crippen LogP contribution in [0.3, 0.4) is 0 Å². The molecule has 3 amide bonds. The summed E-state index contributed by atoms with van der Waals surface area (Å²) in [6.45, 7) is 17.3. The van der Waals surface area contributed by atoms with Crippen molar-refractivity contribution in [2.75, 3.05) is 49.6 Å². The summed E-state index contributed by atoms with van der Waals surface area (Å²) in [5, 5.41) is 33.7. The van der Waals surface area contributed by atoms with Gasteiger partial charge in [0.05, 0.1) is 80.3 Å². The molecule has 6 aliphatic rings. The quantitative estimate of drug-likeness (QED) is 0.0713. The molecular weight excluding hydrogens is 1500 g/mol.